The summed E-state index contributed by atoms with van der Waals surface area (Å²) in [6.45, 7) is 5.42. The summed E-state index contributed by atoms with van der Waals surface area (Å²) in [5.41, 5.74) is 2.18. The highest BCUT2D eigenvalue weighted by Gasteiger charge is 2.14. The van der Waals surface area contributed by atoms with E-state index < -0.39 is 15.7 Å². The van der Waals surface area contributed by atoms with Gasteiger partial charge in [0.2, 0.25) is 5.91 Å². The van der Waals surface area contributed by atoms with Crippen molar-refractivity contribution in [3.8, 4) is 0 Å². The van der Waals surface area contributed by atoms with Crippen molar-refractivity contribution in [1.82, 2.24) is 0 Å². The molecular weight excluding hydrogens is 352 g/mol. The van der Waals surface area contributed by atoms with Crippen LogP contribution in [0, 0.1) is 12.8 Å². The number of anilines is 2. The van der Waals surface area contributed by atoms with Gasteiger partial charge in [-0.05, 0) is 42.8 Å². The number of rotatable bonds is 5. The molecule has 0 unspecified atom stereocenters. The second-order valence-corrected chi connectivity index (χ2v) is 8.44. The lowest BCUT2D eigenvalue weighted by atomic mass is 10.1. The average molecular weight is 374 g/mol. The molecule has 138 valence electrons. The Kier molecular flexibility index (Phi) is 5.82. The van der Waals surface area contributed by atoms with Crippen molar-refractivity contribution < 1.29 is 18.0 Å². The molecule has 0 spiro atoms. The summed E-state index contributed by atoms with van der Waals surface area (Å²) in [5, 5.41) is 5.54. The number of benzene rings is 2. The van der Waals surface area contributed by atoms with Gasteiger partial charge < -0.3 is 10.6 Å². The van der Waals surface area contributed by atoms with Crippen molar-refractivity contribution in [3.05, 3.63) is 53.6 Å². The summed E-state index contributed by atoms with van der Waals surface area (Å²) in [6, 6.07) is 11.1. The predicted molar refractivity (Wildman–Crippen MR) is 102 cm³/mol. The van der Waals surface area contributed by atoms with Gasteiger partial charge in [-0.15, -0.1) is 0 Å². The van der Waals surface area contributed by atoms with Crippen LogP contribution in [0.5, 0.6) is 0 Å². The smallest absolute Gasteiger partial charge is 0.255 e. The highest BCUT2D eigenvalue weighted by atomic mass is 32.2. The van der Waals surface area contributed by atoms with Crippen LogP contribution in [0.2, 0.25) is 0 Å². The molecule has 2 N–H and O–H groups in total. The van der Waals surface area contributed by atoms with Gasteiger partial charge in [0, 0.05) is 29.1 Å². The fourth-order valence-corrected chi connectivity index (χ4v) is 2.85. The zero-order valence-electron chi connectivity index (χ0n) is 15.2. The number of sulfone groups is 1. The summed E-state index contributed by atoms with van der Waals surface area (Å²) in [6.07, 6.45) is 1.09. The SMILES string of the molecule is Cc1ccc(NC(=O)C(C)C)cc1NC(=O)c1cccc(S(C)(=O)=O)c1. The van der Waals surface area contributed by atoms with Crippen LogP contribution in [0.15, 0.2) is 47.4 Å². The van der Waals surface area contributed by atoms with E-state index in [0.29, 0.717) is 11.4 Å². The van der Waals surface area contributed by atoms with E-state index in [-0.39, 0.29) is 22.3 Å². The monoisotopic (exact) mass is 374 g/mol. The molecule has 7 heteroatoms. The molecule has 2 aromatic rings. The van der Waals surface area contributed by atoms with E-state index in [2.05, 4.69) is 10.6 Å². The van der Waals surface area contributed by atoms with Crippen LogP contribution >= 0.6 is 0 Å². The van der Waals surface area contributed by atoms with Crippen molar-refractivity contribution in [2.24, 2.45) is 5.92 Å². The molecule has 2 rings (SSSR count). The van der Waals surface area contributed by atoms with E-state index >= 15 is 0 Å². The molecule has 0 aliphatic rings. The van der Waals surface area contributed by atoms with Crippen molar-refractivity contribution in [1.29, 1.82) is 0 Å². The van der Waals surface area contributed by atoms with Gasteiger partial charge in [0.15, 0.2) is 9.84 Å². The number of aryl methyl sites for hydroxylation is 1. The molecule has 0 radical (unpaired) electrons. The molecule has 2 aromatic carbocycles. The third-order valence-corrected chi connectivity index (χ3v) is 4.91. The summed E-state index contributed by atoms with van der Waals surface area (Å²) >= 11 is 0. The average Bonchev–Trinajstić information content (AvgIpc) is 2.57. The Labute approximate surface area is 153 Å². The largest absolute Gasteiger partial charge is 0.326 e. The highest BCUT2D eigenvalue weighted by molar-refractivity contribution is 7.90. The lowest BCUT2D eigenvalue weighted by molar-refractivity contribution is -0.118. The normalized spacial score (nSPS) is 11.3. The Morgan fingerprint density at radius 3 is 2.31 bits per heavy atom. The Balaban J connectivity index is 2.25. The molecule has 0 aromatic heterocycles. The molecule has 6 nitrogen and oxygen atoms in total. The predicted octanol–water partition coefficient (Wildman–Crippen LogP) is 3.25. The first-order valence-electron chi connectivity index (χ1n) is 8.11. The standard InChI is InChI=1S/C19H22N2O4S/c1-12(2)18(22)20-15-9-8-13(3)17(11-15)21-19(23)14-6-5-7-16(10-14)26(4,24)25/h5-12H,1-4H3,(H,20,22)(H,21,23). The Morgan fingerprint density at radius 1 is 1.00 bits per heavy atom. The second kappa shape index (κ2) is 7.70. The van der Waals surface area contributed by atoms with E-state index in [1.54, 1.807) is 38.1 Å². The van der Waals surface area contributed by atoms with Crippen LogP contribution in [0.25, 0.3) is 0 Å². The van der Waals surface area contributed by atoms with Crippen LogP contribution in [0.4, 0.5) is 11.4 Å². The van der Waals surface area contributed by atoms with Gasteiger partial charge in [-0.1, -0.05) is 26.0 Å². The summed E-state index contributed by atoms with van der Waals surface area (Å²) in [7, 11) is -3.40. The zero-order valence-corrected chi connectivity index (χ0v) is 16.0. The first-order chi connectivity index (χ1) is 12.1. The number of nitrogens with one attached hydrogen (secondary N) is 2. The van der Waals surface area contributed by atoms with E-state index in [1.807, 2.05) is 6.92 Å². The lowest BCUT2D eigenvalue weighted by Crippen LogP contribution is -2.18. The Morgan fingerprint density at radius 2 is 1.69 bits per heavy atom. The maximum atomic E-state index is 12.5. The molecule has 0 saturated heterocycles. The molecule has 0 aliphatic heterocycles. The minimum absolute atomic E-state index is 0.0832. The zero-order chi connectivity index (χ0) is 19.5. The lowest BCUT2D eigenvalue weighted by Gasteiger charge is -2.13. The van der Waals surface area contributed by atoms with Gasteiger partial charge in [-0.2, -0.15) is 0 Å². The van der Waals surface area contributed by atoms with Gasteiger partial charge in [-0.25, -0.2) is 8.42 Å². The van der Waals surface area contributed by atoms with Crippen molar-refractivity contribution in [3.63, 3.8) is 0 Å². The van der Waals surface area contributed by atoms with Gasteiger partial charge in [-0.3, -0.25) is 9.59 Å². The third-order valence-electron chi connectivity index (χ3n) is 3.80. The Hall–Kier alpha value is -2.67. The number of hydrogen-bond donors (Lipinski definition) is 2. The molecule has 0 saturated carbocycles. The number of hydrogen-bond acceptors (Lipinski definition) is 4. The van der Waals surface area contributed by atoms with E-state index in [4.69, 9.17) is 0 Å². The molecule has 0 atom stereocenters. The molecular formula is C19H22N2O4S. The fraction of sp³-hybridized carbons (Fsp3) is 0.263. The number of carbonyl (C=O) groups is 2. The molecule has 0 heterocycles. The summed E-state index contributed by atoms with van der Waals surface area (Å²) < 4.78 is 23.3. The quantitative estimate of drug-likeness (QED) is 0.840. The van der Waals surface area contributed by atoms with E-state index in [0.717, 1.165) is 11.8 Å². The van der Waals surface area contributed by atoms with Gasteiger partial charge in [0.05, 0.1) is 4.90 Å². The number of amides is 2. The fourth-order valence-electron chi connectivity index (χ4n) is 2.18. The van der Waals surface area contributed by atoms with Crippen LogP contribution in [-0.2, 0) is 14.6 Å². The van der Waals surface area contributed by atoms with Crippen molar-refractivity contribution in [2.75, 3.05) is 16.9 Å². The first-order valence-corrected chi connectivity index (χ1v) is 10.00. The minimum atomic E-state index is -3.40. The highest BCUT2D eigenvalue weighted by Crippen LogP contribution is 2.22. The molecule has 26 heavy (non-hydrogen) atoms. The van der Waals surface area contributed by atoms with Crippen LogP contribution in [-0.4, -0.2) is 26.5 Å². The van der Waals surface area contributed by atoms with E-state index in [9.17, 15) is 18.0 Å². The van der Waals surface area contributed by atoms with Crippen LogP contribution in [0.3, 0.4) is 0 Å². The third kappa shape index (κ3) is 4.92. The van der Waals surface area contributed by atoms with Crippen molar-refractivity contribution >= 4 is 33.0 Å². The van der Waals surface area contributed by atoms with Crippen LogP contribution in [0.1, 0.15) is 29.8 Å². The Bertz CT molecular complexity index is 950. The molecule has 0 fully saturated rings. The maximum absolute atomic E-state index is 12.5. The molecule has 0 aliphatic carbocycles. The second-order valence-electron chi connectivity index (χ2n) is 6.43. The topological polar surface area (TPSA) is 92.3 Å². The van der Waals surface area contributed by atoms with Gasteiger partial charge >= 0.3 is 0 Å². The van der Waals surface area contributed by atoms with E-state index in [1.165, 1.54) is 18.2 Å². The van der Waals surface area contributed by atoms with Gasteiger partial charge in [0.25, 0.3) is 5.91 Å². The minimum Gasteiger partial charge on any atom is -0.326 e. The van der Waals surface area contributed by atoms with Crippen LogP contribution < -0.4 is 10.6 Å². The van der Waals surface area contributed by atoms with Gasteiger partial charge in [0.1, 0.15) is 0 Å². The molecule has 0 bridgehead atoms. The summed E-state index contributed by atoms with van der Waals surface area (Å²) in [5.74, 6) is -0.703. The summed E-state index contributed by atoms with van der Waals surface area (Å²) in [4.78, 5) is 24.4. The first kappa shape index (κ1) is 19.7. The maximum Gasteiger partial charge on any atom is 0.255 e. The van der Waals surface area contributed by atoms with Crippen molar-refractivity contribution in [2.45, 2.75) is 25.7 Å². The number of carbonyl (C=O) groups excluding carboxylic acids is 2. The molecule has 2 amide bonds.